The molecule has 152 valence electrons. The topological polar surface area (TPSA) is 32.3 Å². The first-order chi connectivity index (χ1) is 13.7. The van der Waals surface area contributed by atoms with Crippen molar-refractivity contribution in [3.8, 4) is 0 Å². The number of para-hydroxylation sites is 1. The van der Waals surface area contributed by atoms with Crippen molar-refractivity contribution in [3.05, 3.63) is 71.4 Å². The van der Waals surface area contributed by atoms with Gasteiger partial charge in [-0.05, 0) is 24.1 Å². The van der Waals surface area contributed by atoms with E-state index in [9.17, 15) is 5.21 Å². The zero-order valence-electron chi connectivity index (χ0n) is 17.3. The van der Waals surface area contributed by atoms with Crippen LogP contribution in [-0.4, -0.2) is 18.9 Å². The number of nitrogens with zero attached hydrogens (tertiary/aromatic N) is 1. The van der Waals surface area contributed by atoms with Gasteiger partial charge in [0.25, 0.3) is 0 Å². The molecule has 1 saturated heterocycles. The summed E-state index contributed by atoms with van der Waals surface area (Å²) in [7, 11) is 0. The molecule has 3 atom stereocenters. The Hall–Kier alpha value is -1.68. The first-order valence-electron chi connectivity index (χ1n) is 11.1. The van der Waals surface area contributed by atoms with Gasteiger partial charge in [0, 0.05) is 19.3 Å². The number of hydrogen-bond donors (Lipinski definition) is 0. The maximum atomic E-state index is 14.2. The number of quaternary nitrogens is 1. The summed E-state index contributed by atoms with van der Waals surface area (Å²) in [5.74, 6) is 0. The monoisotopic (exact) mass is 381 g/mol. The van der Waals surface area contributed by atoms with Gasteiger partial charge in [-0.3, -0.25) is 0 Å². The van der Waals surface area contributed by atoms with E-state index in [1.165, 1.54) is 37.7 Å². The molecule has 0 aromatic heterocycles. The van der Waals surface area contributed by atoms with Gasteiger partial charge in [0.2, 0.25) is 0 Å². The number of benzene rings is 2. The number of hydroxylamine groups is 2. The minimum Gasteiger partial charge on any atom is -0.625 e. The summed E-state index contributed by atoms with van der Waals surface area (Å²) in [5.41, 5.74) is 2.06. The quantitative estimate of drug-likeness (QED) is 0.249. The fourth-order valence-corrected chi connectivity index (χ4v) is 4.41. The van der Waals surface area contributed by atoms with E-state index in [1.54, 1.807) is 0 Å². The van der Waals surface area contributed by atoms with Crippen LogP contribution in [0.2, 0.25) is 0 Å². The Morgan fingerprint density at radius 3 is 2.21 bits per heavy atom. The van der Waals surface area contributed by atoms with Crippen LogP contribution in [0.5, 0.6) is 0 Å². The molecule has 0 aliphatic carbocycles. The van der Waals surface area contributed by atoms with Gasteiger partial charge in [0.15, 0.2) is 6.23 Å². The van der Waals surface area contributed by atoms with E-state index in [-0.39, 0.29) is 16.9 Å². The van der Waals surface area contributed by atoms with Gasteiger partial charge >= 0.3 is 0 Å². The molecule has 3 heteroatoms. The van der Waals surface area contributed by atoms with Crippen LogP contribution in [0.25, 0.3) is 0 Å². The Kier molecular flexibility index (Phi) is 8.08. The highest BCUT2D eigenvalue weighted by atomic mass is 16.6. The zero-order valence-corrected chi connectivity index (χ0v) is 17.3. The lowest BCUT2D eigenvalue weighted by molar-refractivity contribution is -0.0221. The zero-order chi connectivity index (χ0) is 19.7. The van der Waals surface area contributed by atoms with Crippen molar-refractivity contribution in [1.29, 1.82) is 0 Å². The highest BCUT2D eigenvalue weighted by molar-refractivity contribution is 5.46. The molecule has 0 amide bonds. The van der Waals surface area contributed by atoms with Crippen molar-refractivity contribution in [3.63, 3.8) is 0 Å². The third-order valence-corrected chi connectivity index (χ3v) is 6.00. The maximum Gasteiger partial charge on any atom is 0.198 e. The number of hydrogen-bond acceptors (Lipinski definition) is 2. The van der Waals surface area contributed by atoms with Crippen LogP contribution >= 0.6 is 0 Å². The maximum absolute atomic E-state index is 14.2. The summed E-state index contributed by atoms with van der Waals surface area (Å²) >= 11 is 0. The Bertz CT molecular complexity index is 675. The minimum absolute atomic E-state index is 0.0133. The minimum atomic E-state index is -0.342. The van der Waals surface area contributed by atoms with E-state index in [4.69, 9.17) is 4.74 Å². The fraction of sp³-hybridized carbons (Fsp3) is 0.520. The molecule has 1 fully saturated rings. The van der Waals surface area contributed by atoms with Crippen molar-refractivity contribution < 1.29 is 4.74 Å². The largest absolute Gasteiger partial charge is 0.625 e. The van der Waals surface area contributed by atoms with Gasteiger partial charge in [-0.1, -0.05) is 87.6 Å². The molecule has 3 unspecified atom stereocenters. The summed E-state index contributed by atoms with van der Waals surface area (Å²) in [6.07, 6.45) is 9.69. The highest BCUT2D eigenvalue weighted by Gasteiger charge is 2.45. The summed E-state index contributed by atoms with van der Waals surface area (Å²) in [6, 6.07) is 20.3. The van der Waals surface area contributed by atoms with Crippen molar-refractivity contribution >= 4 is 5.69 Å². The number of unbranched alkanes of at least 4 members (excludes halogenated alkanes) is 5. The predicted octanol–water partition coefficient (Wildman–Crippen LogP) is 6.60. The van der Waals surface area contributed by atoms with Gasteiger partial charge in [-0.15, -0.1) is 0 Å². The van der Waals surface area contributed by atoms with E-state index in [0.29, 0.717) is 6.61 Å². The second-order valence-electron chi connectivity index (χ2n) is 8.06. The molecule has 3 rings (SSSR count). The van der Waals surface area contributed by atoms with Crippen LogP contribution in [0.1, 0.15) is 63.9 Å². The van der Waals surface area contributed by atoms with Crippen LogP contribution < -0.4 is 4.65 Å². The van der Waals surface area contributed by atoms with Crippen LogP contribution in [-0.2, 0) is 11.2 Å². The summed E-state index contributed by atoms with van der Waals surface area (Å²) in [6.45, 7) is 2.94. The van der Waals surface area contributed by atoms with Gasteiger partial charge in [0.1, 0.15) is 5.69 Å². The SMILES string of the molecule is CCCCCCCCOC1CCC(Cc2ccccc2)[N+]1([O-])c1ccccc1. The summed E-state index contributed by atoms with van der Waals surface area (Å²) < 4.78 is 5.87. The van der Waals surface area contributed by atoms with E-state index in [1.807, 2.05) is 36.4 Å². The van der Waals surface area contributed by atoms with Gasteiger partial charge < -0.3 is 14.6 Å². The second kappa shape index (κ2) is 10.8. The first kappa shape index (κ1) is 21.0. The third-order valence-electron chi connectivity index (χ3n) is 6.00. The first-order valence-corrected chi connectivity index (χ1v) is 11.1. The molecule has 0 radical (unpaired) electrons. The highest BCUT2D eigenvalue weighted by Crippen LogP contribution is 2.40. The van der Waals surface area contributed by atoms with Gasteiger partial charge in [-0.25, -0.2) is 0 Å². The van der Waals surface area contributed by atoms with Gasteiger partial charge in [-0.2, -0.15) is 0 Å². The molecule has 0 saturated carbocycles. The smallest absolute Gasteiger partial charge is 0.198 e. The van der Waals surface area contributed by atoms with Crippen LogP contribution in [0.3, 0.4) is 0 Å². The van der Waals surface area contributed by atoms with E-state index >= 15 is 0 Å². The average molecular weight is 382 g/mol. The molecule has 0 N–H and O–H groups in total. The molecule has 3 nitrogen and oxygen atoms in total. The number of ether oxygens (including phenoxy) is 1. The molecule has 1 aliphatic heterocycles. The standard InChI is InChI=1S/C25H35NO2/c1-2-3-4-5-6-13-20-28-25-19-18-24(21-22-14-9-7-10-15-22)26(25,27)23-16-11-8-12-17-23/h7-12,14-17,24-25H,2-6,13,18-21H2,1H3. The second-order valence-corrected chi connectivity index (χ2v) is 8.06. The Morgan fingerprint density at radius 1 is 0.857 bits per heavy atom. The van der Waals surface area contributed by atoms with Crippen LogP contribution in [0.15, 0.2) is 60.7 Å². The van der Waals surface area contributed by atoms with Crippen molar-refractivity contribution in [2.75, 3.05) is 6.61 Å². The van der Waals surface area contributed by atoms with Crippen molar-refractivity contribution in [2.24, 2.45) is 0 Å². The Morgan fingerprint density at radius 2 is 1.50 bits per heavy atom. The lowest BCUT2D eigenvalue weighted by atomic mass is 10.0. The Labute approximate surface area is 170 Å². The third kappa shape index (κ3) is 5.22. The van der Waals surface area contributed by atoms with Crippen LogP contribution in [0.4, 0.5) is 5.69 Å². The van der Waals surface area contributed by atoms with Crippen LogP contribution in [0, 0.1) is 5.21 Å². The van der Waals surface area contributed by atoms with E-state index in [2.05, 4.69) is 31.2 Å². The average Bonchev–Trinajstić information content (AvgIpc) is 3.05. The lowest BCUT2D eigenvalue weighted by Gasteiger charge is -2.47. The van der Waals surface area contributed by atoms with Gasteiger partial charge in [0.05, 0.1) is 12.6 Å². The van der Waals surface area contributed by atoms with Crippen molar-refractivity contribution in [1.82, 2.24) is 4.65 Å². The molecule has 2 aromatic carbocycles. The number of rotatable bonds is 11. The Balaban J connectivity index is 1.64. The summed E-state index contributed by atoms with van der Waals surface area (Å²) in [4.78, 5) is 0. The lowest BCUT2D eigenvalue weighted by Crippen LogP contribution is -2.55. The molecular formula is C25H35NO2. The normalized spacial score (nSPS) is 24.5. The van der Waals surface area contributed by atoms with E-state index in [0.717, 1.165) is 31.4 Å². The summed E-state index contributed by atoms with van der Waals surface area (Å²) in [5, 5.41) is 14.2. The molecule has 1 heterocycles. The fourth-order valence-electron chi connectivity index (χ4n) is 4.41. The van der Waals surface area contributed by atoms with Crippen molar-refractivity contribution in [2.45, 2.75) is 77.0 Å². The predicted molar refractivity (Wildman–Crippen MR) is 118 cm³/mol. The molecular weight excluding hydrogens is 346 g/mol. The van der Waals surface area contributed by atoms with E-state index < -0.39 is 0 Å². The molecule has 0 bridgehead atoms. The molecule has 28 heavy (non-hydrogen) atoms. The molecule has 0 spiro atoms. The molecule has 1 aliphatic rings. The molecule has 2 aromatic rings.